The second-order valence-corrected chi connectivity index (χ2v) is 3.29. The Balaban J connectivity index is 5.07. The van der Waals surface area contributed by atoms with Crippen LogP contribution < -0.4 is 0 Å². The van der Waals surface area contributed by atoms with E-state index < -0.39 is 23.1 Å². The molecule has 0 heterocycles. The third-order valence-electron chi connectivity index (χ3n) is 1.32. The summed E-state index contributed by atoms with van der Waals surface area (Å²) in [6, 6.07) is 0. The lowest BCUT2D eigenvalue weighted by Crippen LogP contribution is -2.51. The molecule has 1 atom stereocenters. The molecule has 0 nitrogen and oxygen atoms in total. The van der Waals surface area contributed by atoms with E-state index in [4.69, 9.17) is 0 Å². The summed E-state index contributed by atoms with van der Waals surface area (Å²) in [6.07, 6.45) is -6.70. The smallest absolute Gasteiger partial charge is 0.226 e. The molecular weight excluding hydrogens is 266 g/mol. The zero-order valence-electron chi connectivity index (χ0n) is 6.14. The fourth-order valence-corrected chi connectivity index (χ4v) is 0.978. The lowest BCUT2D eigenvalue weighted by molar-refractivity contribution is -0.273. The van der Waals surface area contributed by atoms with Gasteiger partial charge in [0.1, 0.15) is 0 Å². The maximum Gasteiger partial charge on any atom is 0.429 e. The molecule has 0 N–H and O–H groups in total. The highest BCUT2D eigenvalue weighted by Crippen LogP contribution is 2.50. The van der Waals surface area contributed by atoms with Crippen LogP contribution in [0.15, 0.2) is 12.7 Å². The second-order valence-electron chi connectivity index (χ2n) is 2.29. The minimum Gasteiger partial charge on any atom is -0.226 e. The van der Waals surface area contributed by atoms with E-state index in [9.17, 15) is 26.3 Å². The highest BCUT2D eigenvalue weighted by Gasteiger charge is 2.69. The molecule has 0 aliphatic carbocycles. The highest BCUT2D eigenvalue weighted by molar-refractivity contribution is 9.10. The molecule has 0 aromatic rings. The van der Waals surface area contributed by atoms with Crippen molar-refractivity contribution in [3.8, 4) is 0 Å². The molecule has 0 aromatic heterocycles. The summed E-state index contributed by atoms with van der Waals surface area (Å²) >= 11 is 1.36. The van der Waals surface area contributed by atoms with Crippen LogP contribution in [-0.2, 0) is 0 Å². The van der Waals surface area contributed by atoms with E-state index in [2.05, 4.69) is 6.58 Å². The number of allylic oxidation sites excluding steroid dienone is 1. The first kappa shape index (κ1) is 12.8. The van der Waals surface area contributed by atoms with Crippen molar-refractivity contribution in [2.75, 3.05) is 0 Å². The largest absolute Gasteiger partial charge is 0.429 e. The van der Waals surface area contributed by atoms with Crippen LogP contribution in [0.2, 0.25) is 0 Å². The molecule has 7 heteroatoms. The van der Waals surface area contributed by atoms with Gasteiger partial charge in [0.25, 0.3) is 5.67 Å². The quantitative estimate of drug-likeness (QED) is 0.416. The molecule has 0 fully saturated rings. The fourth-order valence-electron chi connectivity index (χ4n) is 0.591. The first-order chi connectivity index (χ1) is 5.56. The van der Waals surface area contributed by atoms with E-state index in [0.29, 0.717) is 6.08 Å². The molecular formula is C6H5BrF6. The lowest BCUT2D eigenvalue weighted by atomic mass is 10.0. The maximum atomic E-state index is 12.8. The van der Waals surface area contributed by atoms with Crippen LogP contribution in [0.4, 0.5) is 26.3 Å². The Hall–Kier alpha value is -0.200. The topological polar surface area (TPSA) is 0 Å². The van der Waals surface area contributed by atoms with Crippen molar-refractivity contribution < 1.29 is 26.3 Å². The van der Waals surface area contributed by atoms with E-state index in [1.165, 1.54) is 15.9 Å². The predicted molar refractivity (Wildman–Crippen MR) is 38.6 cm³/mol. The molecule has 0 aromatic carbocycles. The van der Waals surface area contributed by atoms with Crippen LogP contribution in [-0.4, -0.2) is 16.7 Å². The van der Waals surface area contributed by atoms with E-state index in [1.54, 1.807) is 0 Å². The van der Waals surface area contributed by atoms with Gasteiger partial charge in [0, 0.05) is 6.42 Å². The average Bonchev–Trinajstić information content (AvgIpc) is 1.82. The molecule has 0 saturated heterocycles. The van der Waals surface area contributed by atoms with Crippen LogP contribution >= 0.6 is 15.9 Å². The summed E-state index contributed by atoms with van der Waals surface area (Å²) < 4.78 is 72.8. The standard InChI is InChI=1S/C6H5BrF6/c1-2-3-4(8,5(7,9)10)6(11,12)13/h2H,1,3H2. The first-order valence-corrected chi connectivity index (χ1v) is 3.79. The molecule has 0 aliphatic rings. The molecule has 0 rings (SSSR count). The van der Waals surface area contributed by atoms with Crippen molar-refractivity contribution in [3.63, 3.8) is 0 Å². The summed E-state index contributed by atoms with van der Waals surface area (Å²) in [5.74, 6) is 0. The Morgan fingerprint density at radius 1 is 1.08 bits per heavy atom. The summed E-state index contributed by atoms with van der Waals surface area (Å²) in [7, 11) is 0. The molecule has 1 unspecified atom stereocenters. The average molecular weight is 271 g/mol. The van der Waals surface area contributed by atoms with Crippen LogP contribution in [0.5, 0.6) is 0 Å². The van der Waals surface area contributed by atoms with Crippen LogP contribution in [0.3, 0.4) is 0 Å². The molecule has 0 bridgehead atoms. The Morgan fingerprint density at radius 3 is 1.54 bits per heavy atom. The minimum atomic E-state index is -5.64. The van der Waals surface area contributed by atoms with Crippen molar-refractivity contribution in [3.05, 3.63) is 12.7 Å². The Kier molecular flexibility index (Phi) is 3.46. The Morgan fingerprint density at radius 2 is 1.46 bits per heavy atom. The van der Waals surface area contributed by atoms with Crippen LogP contribution in [0.1, 0.15) is 6.42 Å². The van der Waals surface area contributed by atoms with Gasteiger partial charge in [-0.3, -0.25) is 0 Å². The number of halogens is 7. The molecule has 0 saturated carbocycles. The fraction of sp³-hybridized carbons (Fsp3) is 0.667. The normalized spacial score (nSPS) is 18.1. The Labute approximate surface area is 78.7 Å². The first-order valence-electron chi connectivity index (χ1n) is 2.99. The van der Waals surface area contributed by atoms with Crippen molar-refractivity contribution in [1.29, 1.82) is 0 Å². The van der Waals surface area contributed by atoms with Crippen LogP contribution in [0.25, 0.3) is 0 Å². The monoisotopic (exact) mass is 270 g/mol. The van der Waals surface area contributed by atoms with Gasteiger partial charge < -0.3 is 0 Å². The highest BCUT2D eigenvalue weighted by atomic mass is 79.9. The number of alkyl halides is 7. The lowest BCUT2D eigenvalue weighted by Gasteiger charge is -2.30. The van der Waals surface area contributed by atoms with E-state index in [1.807, 2.05) is 0 Å². The van der Waals surface area contributed by atoms with Gasteiger partial charge >= 0.3 is 11.0 Å². The van der Waals surface area contributed by atoms with Gasteiger partial charge in [0.15, 0.2) is 0 Å². The minimum absolute atomic E-state index is 0.447. The van der Waals surface area contributed by atoms with E-state index in [-0.39, 0.29) is 0 Å². The number of hydrogen-bond donors (Lipinski definition) is 0. The van der Waals surface area contributed by atoms with Gasteiger partial charge in [-0.15, -0.1) is 6.58 Å². The molecule has 0 spiro atoms. The molecule has 0 radical (unpaired) electrons. The van der Waals surface area contributed by atoms with Crippen molar-refractivity contribution in [2.24, 2.45) is 0 Å². The van der Waals surface area contributed by atoms with Gasteiger partial charge in [-0.2, -0.15) is 22.0 Å². The SMILES string of the molecule is C=CCC(F)(C(F)(F)F)C(F)(F)Br. The van der Waals surface area contributed by atoms with Crippen molar-refractivity contribution >= 4 is 15.9 Å². The van der Waals surface area contributed by atoms with Gasteiger partial charge in [0.05, 0.1) is 0 Å². The molecule has 78 valence electrons. The van der Waals surface area contributed by atoms with Gasteiger partial charge in [-0.25, -0.2) is 4.39 Å². The van der Waals surface area contributed by atoms with Gasteiger partial charge in [-0.05, 0) is 15.9 Å². The number of hydrogen-bond acceptors (Lipinski definition) is 0. The van der Waals surface area contributed by atoms with Gasteiger partial charge in [-0.1, -0.05) is 6.08 Å². The third kappa shape index (κ3) is 2.38. The maximum absolute atomic E-state index is 12.8. The van der Waals surface area contributed by atoms with Crippen LogP contribution in [0, 0.1) is 0 Å². The predicted octanol–water partition coefficient (Wildman–Crippen LogP) is 3.82. The molecule has 0 aliphatic heterocycles. The third-order valence-corrected chi connectivity index (χ3v) is 1.95. The zero-order valence-corrected chi connectivity index (χ0v) is 7.72. The second kappa shape index (κ2) is 3.51. The summed E-state index contributed by atoms with van der Waals surface area (Å²) in [4.78, 5) is -4.66. The van der Waals surface area contributed by atoms with Crippen molar-refractivity contribution in [2.45, 2.75) is 23.1 Å². The van der Waals surface area contributed by atoms with E-state index >= 15 is 0 Å². The van der Waals surface area contributed by atoms with Crippen molar-refractivity contribution in [1.82, 2.24) is 0 Å². The summed E-state index contributed by atoms with van der Waals surface area (Å²) in [5.41, 5.74) is -4.61. The number of rotatable bonds is 3. The molecule has 13 heavy (non-hydrogen) atoms. The summed E-state index contributed by atoms with van der Waals surface area (Å²) in [5, 5.41) is 0. The van der Waals surface area contributed by atoms with E-state index in [0.717, 1.165) is 0 Å². The Bertz CT molecular complexity index is 176. The summed E-state index contributed by atoms with van der Waals surface area (Å²) in [6.45, 7) is 2.78. The van der Waals surface area contributed by atoms with Gasteiger partial charge in [0.2, 0.25) is 0 Å². The molecule has 0 amide bonds. The zero-order chi connectivity index (χ0) is 10.9.